The highest BCUT2D eigenvalue weighted by Crippen LogP contribution is 2.48. The molecular weight excluding hydrogens is 152 g/mol. The normalized spacial score (nSPS) is 38.6. The second-order valence-electron chi connectivity index (χ2n) is 4.24. The van der Waals surface area contributed by atoms with E-state index in [1.807, 2.05) is 0 Å². The highest BCUT2D eigenvalue weighted by molar-refractivity contribution is 5.65. The monoisotopic (exact) mass is 168 g/mol. The van der Waals surface area contributed by atoms with Crippen LogP contribution in [0.1, 0.15) is 32.6 Å². The average molecular weight is 168 g/mol. The van der Waals surface area contributed by atoms with Crippen molar-refractivity contribution < 1.29 is 9.53 Å². The third kappa shape index (κ3) is 1.47. The van der Waals surface area contributed by atoms with Crippen LogP contribution in [-0.4, -0.2) is 12.6 Å². The maximum absolute atomic E-state index is 10.6. The summed E-state index contributed by atoms with van der Waals surface area (Å²) in [6.07, 6.45) is 5.49. The Kier molecular flexibility index (Phi) is 2.07. The Hall–Kier alpha value is -0.530. The van der Waals surface area contributed by atoms with E-state index in [0.29, 0.717) is 12.5 Å². The Morgan fingerprint density at radius 3 is 2.75 bits per heavy atom. The lowest BCUT2D eigenvalue weighted by atomic mass is 9.90. The SMILES string of the molecule is CC(=O)OC[C@@H]1C[C@H]2CC[C@H]1C2. The van der Waals surface area contributed by atoms with Crippen LogP contribution in [0.2, 0.25) is 0 Å². The smallest absolute Gasteiger partial charge is 0.302 e. The lowest BCUT2D eigenvalue weighted by Gasteiger charge is -2.20. The summed E-state index contributed by atoms with van der Waals surface area (Å²) in [5.74, 6) is 2.38. The van der Waals surface area contributed by atoms with Gasteiger partial charge in [-0.3, -0.25) is 4.79 Å². The zero-order valence-electron chi connectivity index (χ0n) is 7.58. The first-order valence-corrected chi connectivity index (χ1v) is 4.89. The number of carbonyl (C=O) groups excluding carboxylic acids is 1. The molecule has 0 aromatic rings. The van der Waals surface area contributed by atoms with Crippen molar-refractivity contribution in [2.45, 2.75) is 32.6 Å². The van der Waals surface area contributed by atoms with Crippen LogP contribution in [0.15, 0.2) is 0 Å². The van der Waals surface area contributed by atoms with Gasteiger partial charge < -0.3 is 4.74 Å². The van der Waals surface area contributed by atoms with Crippen molar-refractivity contribution in [1.82, 2.24) is 0 Å². The first-order chi connectivity index (χ1) is 5.75. The highest BCUT2D eigenvalue weighted by Gasteiger charge is 2.39. The number of hydrogen-bond acceptors (Lipinski definition) is 2. The molecule has 0 unspecified atom stereocenters. The molecule has 0 amide bonds. The van der Waals surface area contributed by atoms with E-state index in [2.05, 4.69) is 0 Å². The molecule has 0 aliphatic heterocycles. The molecule has 0 saturated heterocycles. The van der Waals surface area contributed by atoms with Crippen LogP contribution in [-0.2, 0) is 9.53 Å². The molecule has 0 heterocycles. The van der Waals surface area contributed by atoms with E-state index in [1.165, 1.54) is 32.6 Å². The summed E-state index contributed by atoms with van der Waals surface area (Å²) in [5, 5.41) is 0. The van der Waals surface area contributed by atoms with Crippen LogP contribution in [0.5, 0.6) is 0 Å². The minimum absolute atomic E-state index is 0.127. The fourth-order valence-electron chi connectivity index (χ4n) is 2.80. The molecule has 0 radical (unpaired) electrons. The number of fused-ring (bicyclic) bond motifs is 2. The first-order valence-electron chi connectivity index (χ1n) is 4.89. The predicted octanol–water partition coefficient (Wildman–Crippen LogP) is 1.99. The fraction of sp³-hybridized carbons (Fsp3) is 0.900. The minimum atomic E-state index is -0.127. The third-order valence-electron chi connectivity index (χ3n) is 3.39. The number of ether oxygens (including phenoxy) is 1. The van der Waals surface area contributed by atoms with Crippen molar-refractivity contribution in [2.75, 3.05) is 6.61 Å². The van der Waals surface area contributed by atoms with Gasteiger partial charge in [0.2, 0.25) is 0 Å². The Bertz CT molecular complexity index is 188. The van der Waals surface area contributed by atoms with Crippen molar-refractivity contribution in [3.05, 3.63) is 0 Å². The van der Waals surface area contributed by atoms with Gasteiger partial charge in [0.15, 0.2) is 0 Å². The second kappa shape index (κ2) is 3.08. The lowest BCUT2D eigenvalue weighted by Crippen LogP contribution is -2.18. The minimum Gasteiger partial charge on any atom is -0.466 e. The molecule has 0 N–H and O–H groups in total. The summed E-state index contributed by atoms with van der Waals surface area (Å²) in [6.45, 7) is 2.17. The average Bonchev–Trinajstić information content (AvgIpc) is 2.60. The Morgan fingerprint density at radius 2 is 2.25 bits per heavy atom. The van der Waals surface area contributed by atoms with Crippen molar-refractivity contribution in [1.29, 1.82) is 0 Å². The molecular formula is C10H16O2. The summed E-state index contributed by atoms with van der Waals surface area (Å²) in [4.78, 5) is 10.6. The van der Waals surface area contributed by atoms with Gasteiger partial charge in [-0.2, -0.15) is 0 Å². The summed E-state index contributed by atoms with van der Waals surface area (Å²) >= 11 is 0. The van der Waals surface area contributed by atoms with E-state index in [1.54, 1.807) is 0 Å². The molecule has 68 valence electrons. The summed E-state index contributed by atoms with van der Waals surface area (Å²) in [7, 11) is 0. The van der Waals surface area contributed by atoms with Gasteiger partial charge in [-0.25, -0.2) is 0 Å². The summed E-state index contributed by atoms with van der Waals surface area (Å²) in [6, 6.07) is 0. The van der Waals surface area contributed by atoms with Gasteiger partial charge in [-0.15, -0.1) is 0 Å². The van der Waals surface area contributed by atoms with Gasteiger partial charge in [0.1, 0.15) is 0 Å². The van der Waals surface area contributed by atoms with E-state index in [9.17, 15) is 4.79 Å². The molecule has 3 atom stereocenters. The number of hydrogen-bond donors (Lipinski definition) is 0. The van der Waals surface area contributed by atoms with Crippen LogP contribution >= 0.6 is 0 Å². The van der Waals surface area contributed by atoms with Crippen LogP contribution in [0.3, 0.4) is 0 Å². The molecule has 2 saturated carbocycles. The predicted molar refractivity (Wildman–Crippen MR) is 45.6 cm³/mol. The van der Waals surface area contributed by atoms with Crippen LogP contribution in [0.4, 0.5) is 0 Å². The van der Waals surface area contributed by atoms with E-state index in [4.69, 9.17) is 4.74 Å². The highest BCUT2D eigenvalue weighted by atomic mass is 16.5. The maximum atomic E-state index is 10.6. The van der Waals surface area contributed by atoms with Crippen LogP contribution in [0, 0.1) is 17.8 Å². The largest absolute Gasteiger partial charge is 0.466 e. The van der Waals surface area contributed by atoms with Gasteiger partial charge in [0.05, 0.1) is 6.61 Å². The topological polar surface area (TPSA) is 26.3 Å². The molecule has 0 spiro atoms. The Labute approximate surface area is 73.3 Å². The molecule has 2 fully saturated rings. The summed E-state index contributed by atoms with van der Waals surface area (Å²) in [5.41, 5.74) is 0. The molecule has 0 aromatic heterocycles. The van der Waals surface area contributed by atoms with Gasteiger partial charge in [0.25, 0.3) is 0 Å². The zero-order chi connectivity index (χ0) is 8.55. The standard InChI is InChI=1S/C10H16O2/c1-7(11)12-6-10-5-8-2-3-9(10)4-8/h8-10H,2-6H2,1H3/t8-,9-,10-/m0/s1. The van der Waals surface area contributed by atoms with E-state index < -0.39 is 0 Å². The van der Waals surface area contributed by atoms with Gasteiger partial charge in [-0.05, 0) is 37.0 Å². The molecule has 12 heavy (non-hydrogen) atoms. The lowest BCUT2D eigenvalue weighted by molar-refractivity contribution is -0.142. The maximum Gasteiger partial charge on any atom is 0.302 e. The molecule has 2 aliphatic carbocycles. The van der Waals surface area contributed by atoms with Gasteiger partial charge in [0, 0.05) is 6.92 Å². The first kappa shape index (κ1) is 8.09. The van der Waals surface area contributed by atoms with Gasteiger partial charge >= 0.3 is 5.97 Å². The van der Waals surface area contributed by atoms with Crippen molar-refractivity contribution in [3.63, 3.8) is 0 Å². The number of rotatable bonds is 2. The van der Waals surface area contributed by atoms with Crippen molar-refractivity contribution in [3.8, 4) is 0 Å². The van der Waals surface area contributed by atoms with Crippen molar-refractivity contribution in [2.24, 2.45) is 17.8 Å². The van der Waals surface area contributed by atoms with Crippen LogP contribution in [0.25, 0.3) is 0 Å². The van der Waals surface area contributed by atoms with E-state index >= 15 is 0 Å². The summed E-state index contributed by atoms with van der Waals surface area (Å²) < 4.78 is 5.04. The molecule has 2 rings (SSSR count). The van der Waals surface area contributed by atoms with Crippen LogP contribution < -0.4 is 0 Å². The molecule has 2 bridgehead atoms. The number of carbonyl (C=O) groups is 1. The second-order valence-corrected chi connectivity index (χ2v) is 4.24. The third-order valence-corrected chi connectivity index (χ3v) is 3.39. The van der Waals surface area contributed by atoms with E-state index in [-0.39, 0.29) is 5.97 Å². The van der Waals surface area contributed by atoms with Crippen molar-refractivity contribution >= 4 is 5.97 Å². The molecule has 2 nitrogen and oxygen atoms in total. The molecule has 0 aromatic carbocycles. The number of esters is 1. The zero-order valence-corrected chi connectivity index (χ0v) is 7.58. The Morgan fingerprint density at radius 1 is 1.42 bits per heavy atom. The van der Waals surface area contributed by atoms with E-state index in [0.717, 1.165) is 11.8 Å². The fourth-order valence-corrected chi connectivity index (χ4v) is 2.80. The molecule has 2 aliphatic rings. The van der Waals surface area contributed by atoms with Gasteiger partial charge in [-0.1, -0.05) is 6.42 Å². The quantitative estimate of drug-likeness (QED) is 0.589. The molecule has 2 heteroatoms. The Balaban J connectivity index is 1.79.